The van der Waals surface area contributed by atoms with Crippen molar-refractivity contribution in [3.05, 3.63) is 101 Å². The summed E-state index contributed by atoms with van der Waals surface area (Å²) in [6.45, 7) is 0.589. The highest BCUT2D eigenvalue weighted by Gasteiger charge is 2.14. The second kappa shape index (κ2) is 8.22. The van der Waals surface area contributed by atoms with E-state index in [2.05, 4.69) is 5.32 Å². The molecule has 0 aliphatic rings. The van der Waals surface area contributed by atoms with Gasteiger partial charge >= 0.3 is 0 Å². The van der Waals surface area contributed by atoms with Crippen LogP contribution < -0.4 is 10.2 Å². The van der Waals surface area contributed by atoms with E-state index in [-0.39, 0.29) is 5.69 Å². The van der Waals surface area contributed by atoms with Crippen molar-refractivity contribution in [1.82, 2.24) is 0 Å². The predicted octanol–water partition coefficient (Wildman–Crippen LogP) is 5.00. The molecular formula is C20H17N3O2S. The molecule has 130 valence electrons. The number of nitrogens with zero attached hydrogens (tertiary/aromatic N) is 2. The van der Waals surface area contributed by atoms with Crippen LogP contribution in [-0.2, 0) is 6.54 Å². The van der Waals surface area contributed by atoms with Gasteiger partial charge in [-0.15, -0.1) is 0 Å². The molecular weight excluding hydrogens is 346 g/mol. The molecule has 0 fully saturated rings. The SMILES string of the molecule is O=[N+]([O-])c1cccc(NC(=S)N(Cc2ccccc2)c2ccccc2)c1. The maximum Gasteiger partial charge on any atom is 0.271 e. The monoisotopic (exact) mass is 363 g/mol. The number of nitrogens with one attached hydrogen (secondary N) is 1. The number of thiocarbonyl (C=S) groups is 1. The first kappa shape index (κ1) is 17.6. The van der Waals surface area contributed by atoms with E-state index in [9.17, 15) is 10.1 Å². The summed E-state index contributed by atoms with van der Waals surface area (Å²) in [5.41, 5.74) is 2.66. The quantitative estimate of drug-likeness (QED) is 0.393. The Morgan fingerprint density at radius 3 is 2.27 bits per heavy atom. The van der Waals surface area contributed by atoms with Crippen LogP contribution >= 0.6 is 12.2 Å². The molecule has 0 saturated heterocycles. The lowest BCUT2D eigenvalue weighted by molar-refractivity contribution is -0.384. The summed E-state index contributed by atoms with van der Waals surface area (Å²) in [4.78, 5) is 12.5. The topological polar surface area (TPSA) is 58.4 Å². The van der Waals surface area contributed by atoms with E-state index in [0.717, 1.165) is 11.3 Å². The molecule has 0 unspecified atom stereocenters. The van der Waals surface area contributed by atoms with Crippen LogP contribution in [0, 0.1) is 10.1 Å². The maximum atomic E-state index is 11.0. The third-order valence-corrected chi connectivity index (χ3v) is 4.13. The first-order chi connectivity index (χ1) is 12.6. The van der Waals surface area contributed by atoms with Gasteiger partial charge in [-0.1, -0.05) is 54.6 Å². The van der Waals surface area contributed by atoms with Crippen molar-refractivity contribution in [3.8, 4) is 0 Å². The van der Waals surface area contributed by atoms with Gasteiger partial charge in [-0.25, -0.2) is 0 Å². The first-order valence-electron chi connectivity index (χ1n) is 8.05. The van der Waals surface area contributed by atoms with Crippen molar-refractivity contribution in [2.45, 2.75) is 6.54 Å². The van der Waals surface area contributed by atoms with E-state index >= 15 is 0 Å². The number of anilines is 2. The highest BCUT2D eigenvalue weighted by molar-refractivity contribution is 7.80. The molecule has 3 rings (SSSR count). The van der Waals surface area contributed by atoms with Crippen LogP contribution in [0.4, 0.5) is 17.1 Å². The Hall–Kier alpha value is -3.25. The van der Waals surface area contributed by atoms with Gasteiger partial charge in [0.25, 0.3) is 5.69 Å². The lowest BCUT2D eigenvalue weighted by Gasteiger charge is -2.26. The third kappa shape index (κ3) is 4.43. The third-order valence-electron chi connectivity index (χ3n) is 3.80. The number of rotatable bonds is 5. The Kier molecular flexibility index (Phi) is 5.56. The molecule has 5 nitrogen and oxygen atoms in total. The lowest BCUT2D eigenvalue weighted by Crippen LogP contribution is -2.34. The molecule has 0 spiro atoms. The Balaban J connectivity index is 1.85. The van der Waals surface area contributed by atoms with Crippen LogP contribution in [0.3, 0.4) is 0 Å². The Morgan fingerprint density at radius 2 is 1.62 bits per heavy atom. The molecule has 6 heteroatoms. The average Bonchev–Trinajstić information content (AvgIpc) is 2.67. The van der Waals surface area contributed by atoms with Crippen LogP contribution in [0.15, 0.2) is 84.9 Å². The Bertz CT molecular complexity index is 901. The first-order valence-corrected chi connectivity index (χ1v) is 8.46. The number of benzene rings is 3. The van der Waals surface area contributed by atoms with Crippen LogP contribution in [-0.4, -0.2) is 10.0 Å². The molecule has 0 atom stereocenters. The van der Waals surface area contributed by atoms with E-state index in [0.29, 0.717) is 17.3 Å². The van der Waals surface area contributed by atoms with E-state index < -0.39 is 4.92 Å². The summed E-state index contributed by atoms with van der Waals surface area (Å²) in [6.07, 6.45) is 0. The average molecular weight is 363 g/mol. The van der Waals surface area contributed by atoms with Crippen molar-refractivity contribution >= 4 is 34.4 Å². The standard InChI is InChI=1S/C20H17N3O2S/c24-23(25)19-13-7-10-17(14-19)21-20(26)22(18-11-5-2-6-12-18)15-16-8-3-1-4-9-16/h1-14H,15H2,(H,21,26). The lowest BCUT2D eigenvalue weighted by atomic mass is 10.2. The van der Waals surface area contributed by atoms with Gasteiger partial charge in [0, 0.05) is 23.5 Å². The summed E-state index contributed by atoms with van der Waals surface area (Å²) in [6, 6.07) is 26.1. The van der Waals surface area contributed by atoms with Crippen molar-refractivity contribution < 1.29 is 4.92 Å². The van der Waals surface area contributed by atoms with Gasteiger partial charge in [0.1, 0.15) is 0 Å². The Morgan fingerprint density at radius 1 is 0.962 bits per heavy atom. The minimum Gasteiger partial charge on any atom is -0.332 e. The van der Waals surface area contributed by atoms with Crippen molar-refractivity contribution in [1.29, 1.82) is 0 Å². The van der Waals surface area contributed by atoms with Gasteiger partial charge in [0.15, 0.2) is 5.11 Å². The van der Waals surface area contributed by atoms with Gasteiger partial charge < -0.3 is 10.2 Å². The molecule has 3 aromatic carbocycles. The molecule has 0 aromatic heterocycles. The molecule has 0 radical (unpaired) electrons. The zero-order valence-corrected chi connectivity index (χ0v) is 14.7. The van der Waals surface area contributed by atoms with E-state index in [1.807, 2.05) is 65.6 Å². The highest BCUT2D eigenvalue weighted by atomic mass is 32.1. The fourth-order valence-corrected chi connectivity index (χ4v) is 2.83. The largest absolute Gasteiger partial charge is 0.332 e. The zero-order valence-electron chi connectivity index (χ0n) is 13.9. The smallest absolute Gasteiger partial charge is 0.271 e. The van der Waals surface area contributed by atoms with Gasteiger partial charge in [-0.2, -0.15) is 0 Å². The van der Waals surface area contributed by atoms with Crippen molar-refractivity contribution in [2.24, 2.45) is 0 Å². The molecule has 0 amide bonds. The summed E-state index contributed by atoms with van der Waals surface area (Å²) < 4.78 is 0. The number of nitro groups is 1. The maximum absolute atomic E-state index is 11.0. The number of para-hydroxylation sites is 1. The molecule has 1 N–H and O–H groups in total. The van der Waals surface area contributed by atoms with Crippen molar-refractivity contribution in [2.75, 3.05) is 10.2 Å². The number of hydrogen-bond acceptors (Lipinski definition) is 3. The minimum absolute atomic E-state index is 0.0205. The molecule has 0 saturated carbocycles. The van der Waals surface area contributed by atoms with Gasteiger partial charge in [-0.3, -0.25) is 10.1 Å². The second-order valence-electron chi connectivity index (χ2n) is 5.64. The van der Waals surface area contributed by atoms with Crippen LogP contribution in [0.25, 0.3) is 0 Å². The van der Waals surface area contributed by atoms with E-state index in [1.165, 1.54) is 12.1 Å². The fraction of sp³-hybridized carbons (Fsp3) is 0.0500. The normalized spacial score (nSPS) is 10.2. The van der Waals surface area contributed by atoms with Gasteiger partial charge in [-0.05, 0) is 36.0 Å². The predicted molar refractivity (Wildman–Crippen MR) is 108 cm³/mol. The van der Waals surface area contributed by atoms with Crippen LogP contribution in [0.1, 0.15) is 5.56 Å². The molecule has 26 heavy (non-hydrogen) atoms. The fourth-order valence-electron chi connectivity index (χ4n) is 2.54. The number of non-ortho nitro benzene ring substituents is 1. The Labute approximate surface area is 157 Å². The summed E-state index contributed by atoms with van der Waals surface area (Å²) in [5.74, 6) is 0. The van der Waals surface area contributed by atoms with E-state index in [1.54, 1.807) is 12.1 Å². The number of hydrogen-bond donors (Lipinski definition) is 1. The molecule has 0 heterocycles. The van der Waals surface area contributed by atoms with Crippen LogP contribution in [0.2, 0.25) is 0 Å². The molecule has 0 bridgehead atoms. The molecule has 3 aromatic rings. The summed E-state index contributed by atoms with van der Waals surface area (Å²) >= 11 is 5.59. The summed E-state index contributed by atoms with van der Waals surface area (Å²) in [5, 5.41) is 14.6. The van der Waals surface area contributed by atoms with Crippen molar-refractivity contribution in [3.63, 3.8) is 0 Å². The van der Waals surface area contributed by atoms with E-state index in [4.69, 9.17) is 12.2 Å². The molecule has 0 aliphatic carbocycles. The van der Waals surface area contributed by atoms with Gasteiger partial charge in [0.2, 0.25) is 0 Å². The van der Waals surface area contributed by atoms with Crippen LogP contribution in [0.5, 0.6) is 0 Å². The highest BCUT2D eigenvalue weighted by Crippen LogP contribution is 2.21. The molecule has 0 aliphatic heterocycles. The summed E-state index contributed by atoms with van der Waals surface area (Å²) in [7, 11) is 0. The minimum atomic E-state index is -0.423. The second-order valence-corrected chi connectivity index (χ2v) is 6.03. The van der Waals surface area contributed by atoms with Gasteiger partial charge in [0.05, 0.1) is 11.5 Å². The zero-order chi connectivity index (χ0) is 18.4. The number of nitro benzene ring substituents is 1.